The zero-order valence-electron chi connectivity index (χ0n) is 9.09. The van der Waals surface area contributed by atoms with Crippen LogP contribution in [0, 0.1) is 11.8 Å². The Balaban J connectivity index is 2.25. The first-order valence-corrected chi connectivity index (χ1v) is 8.47. The van der Waals surface area contributed by atoms with Crippen LogP contribution in [0.5, 0.6) is 0 Å². The van der Waals surface area contributed by atoms with Gasteiger partial charge < -0.3 is 4.43 Å². The summed E-state index contributed by atoms with van der Waals surface area (Å²) in [5, 5.41) is 0. The Bertz CT molecular complexity index is 196. The van der Waals surface area contributed by atoms with E-state index in [4.69, 9.17) is 4.43 Å². The molecule has 13 heavy (non-hydrogen) atoms. The minimum Gasteiger partial charge on any atom is -0.417 e. The summed E-state index contributed by atoms with van der Waals surface area (Å²) >= 11 is 0. The number of Topliss-reactive ketones (excluding diaryl/α,β-unsaturated/α-hetero) is 1. The fourth-order valence-electron chi connectivity index (χ4n) is 1.53. The third kappa shape index (κ3) is 3.23. The molecule has 0 amide bonds. The summed E-state index contributed by atoms with van der Waals surface area (Å²) in [4.78, 5) is 11.2. The summed E-state index contributed by atoms with van der Waals surface area (Å²) in [5.74, 6) is 1.16. The van der Waals surface area contributed by atoms with Crippen LogP contribution in [0.1, 0.15) is 19.8 Å². The summed E-state index contributed by atoms with van der Waals surface area (Å²) in [6.07, 6.45) is 1.87. The molecule has 0 bridgehead atoms. The first-order valence-electron chi connectivity index (χ1n) is 5.07. The lowest BCUT2D eigenvalue weighted by atomic mass is 9.76. The van der Waals surface area contributed by atoms with Gasteiger partial charge in [-0.15, -0.1) is 0 Å². The van der Waals surface area contributed by atoms with Crippen molar-refractivity contribution in [2.45, 2.75) is 39.4 Å². The number of rotatable bonds is 4. The average Bonchev–Trinajstić information content (AvgIpc) is 1.97. The van der Waals surface area contributed by atoms with Crippen LogP contribution in [0.25, 0.3) is 0 Å². The summed E-state index contributed by atoms with van der Waals surface area (Å²) in [6, 6.07) is 0. The van der Waals surface area contributed by atoms with Crippen molar-refractivity contribution in [2.24, 2.45) is 11.8 Å². The van der Waals surface area contributed by atoms with Gasteiger partial charge in [-0.05, 0) is 32.0 Å². The molecule has 1 aliphatic carbocycles. The highest BCUT2D eigenvalue weighted by Crippen LogP contribution is 2.30. The van der Waals surface area contributed by atoms with Crippen LogP contribution in [-0.2, 0) is 9.22 Å². The summed E-state index contributed by atoms with van der Waals surface area (Å²) < 4.78 is 5.78. The van der Waals surface area contributed by atoms with Gasteiger partial charge in [-0.1, -0.05) is 6.92 Å². The fourth-order valence-corrected chi connectivity index (χ4v) is 2.29. The Kier molecular flexibility index (Phi) is 3.30. The molecule has 0 radical (unpaired) electrons. The van der Waals surface area contributed by atoms with Gasteiger partial charge in [-0.25, -0.2) is 0 Å². The largest absolute Gasteiger partial charge is 0.417 e. The van der Waals surface area contributed by atoms with Gasteiger partial charge in [0.25, 0.3) is 0 Å². The molecule has 0 N–H and O–H groups in total. The molecule has 0 aromatic heterocycles. The zero-order valence-corrected chi connectivity index (χ0v) is 10.1. The number of hydrogen-bond acceptors (Lipinski definition) is 2. The fraction of sp³-hybridized carbons (Fsp3) is 0.900. The normalized spacial score (nSPS) is 25.5. The summed E-state index contributed by atoms with van der Waals surface area (Å²) in [5.41, 5.74) is 0. The topological polar surface area (TPSA) is 26.3 Å². The smallest absolute Gasteiger partial charge is 0.183 e. The minimum absolute atomic E-state index is 0.302. The van der Waals surface area contributed by atoms with E-state index in [9.17, 15) is 4.79 Å². The molecule has 76 valence electrons. The second-order valence-corrected chi connectivity index (χ2v) is 9.53. The van der Waals surface area contributed by atoms with E-state index in [0.29, 0.717) is 17.6 Å². The monoisotopic (exact) mass is 200 g/mol. The molecule has 1 aliphatic rings. The van der Waals surface area contributed by atoms with Crippen LogP contribution >= 0.6 is 0 Å². The van der Waals surface area contributed by atoms with E-state index in [-0.39, 0.29) is 0 Å². The highest BCUT2D eigenvalue weighted by molar-refractivity contribution is 6.69. The predicted octanol–water partition coefficient (Wildman–Crippen LogP) is 2.45. The second-order valence-electron chi connectivity index (χ2n) is 5.01. The van der Waals surface area contributed by atoms with Crippen molar-refractivity contribution >= 4 is 14.1 Å². The van der Waals surface area contributed by atoms with E-state index >= 15 is 0 Å². The van der Waals surface area contributed by atoms with Crippen molar-refractivity contribution < 1.29 is 9.22 Å². The van der Waals surface area contributed by atoms with Crippen molar-refractivity contribution in [3.63, 3.8) is 0 Å². The molecular weight excluding hydrogens is 180 g/mol. The Morgan fingerprint density at radius 1 is 1.54 bits per heavy atom. The van der Waals surface area contributed by atoms with Gasteiger partial charge >= 0.3 is 0 Å². The van der Waals surface area contributed by atoms with Gasteiger partial charge in [-0.2, -0.15) is 0 Å². The van der Waals surface area contributed by atoms with Crippen molar-refractivity contribution in [3.8, 4) is 0 Å². The quantitative estimate of drug-likeness (QED) is 0.652. The first kappa shape index (κ1) is 10.9. The summed E-state index contributed by atoms with van der Waals surface area (Å²) in [7, 11) is -1.39. The maximum Gasteiger partial charge on any atom is 0.183 e. The van der Waals surface area contributed by atoms with Gasteiger partial charge in [0.2, 0.25) is 0 Å². The molecule has 1 saturated carbocycles. The predicted molar refractivity (Wildman–Crippen MR) is 56.2 cm³/mol. The number of hydrogen-bond donors (Lipinski definition) is 0. The van der Waals surface area contributed by atoms with E-state index in [1.807, 2.05) is 0 Å². The molecule has 0 aromatic carbocycles. The summed E-state index contributed by atoms with van der Waals surface area (Å²) in [6.45, 7) is 9.45. The van der Waals surface area contributed by atoms with Gasteiger partial charge in [0, 0.05) is 18.9 Å². The van der Waals surface area contributed by atoms with Gasteiger partial charge in [-0.3, -0.25) is 4.79 Å². The highest BCUT2D eigenvalue weighted by atomic mass is 28.4. The Morgan fingerprint density at radius 2 is 2.15 bits per heavy atom. The van der Waals surface area contributed by atoms with Gasteiger partial charge in [0.1, 0.15) is 5.78 Å². The maximum absolute atomic E-state index is 11.2. The van der Waals surface area contributed by atoms with E-state index in [0.717, 1.165) is 19.4 Å². The third-order valence-corrected chi connectivity index (χ3v) is 3.61. The Morgan fingerprint density at radius 3 is 2.46 bits per heavy atom. The number of ketones is 1. The van der Waals surface area contributed by atoms with E-state index in [1.165, 1.54) is 0 Å². The molecule has 0 heterocycles. The Labute approximate surface area is 81.8 Å². The molecule has 0 aromatic rings. The lowest BCUT2D eigenvalue weighted by Crippen LogP contribution is -2.36. The minimum atomic E-state index is -1.39. The van der Waals surface area contributed by atoms with Crippen molar-refractivity contribution in [1.29, 1.82) is 0 Å². The molecule has 0 aliphatic heterocycles. The molecule has 1 rings (SSSR count). The van der Waals surface area contributed by atoms with Crippen molar-refractivity contribution in [1.82, 2.24) is 0 Å². The van der Waals surface area contributed by atoms with E-state index < -0.39 is 8.32 Å². The Hall–Kier alpha value is -0.153. The molecular formula is C10H20O2Si. The SMILES string of the molecule is CC(CO[Si](C)(C)C)C1CCC1=O. The van der Waals surface area contributed by atoms with Crippen LogP contribution in [0.3, 0.4) is 0 Å². The lowest BCUT2D eigenvalue weighted by molar-refractivity contribution is -0.131. The second kappa shape index (κ2) is 3.92. The van der Waals surface area contributed by atoms with Crippen LogP contribution in [0.4, 0.5) is 0 Å². The number of carbonyl (C=O) groups is 1. The number of carbonyl (C=O) groups excluding carboxylic acids is 1. The van der Waals surface area contributed by atoms with Crippen molar-refractivity contribution in [2.75, 3.05) is 6.61 Å². The lowest BCUT2D eigenvalue weighted by Gasteiger charge is -2.31. The average molecular weight is 200 g/mol. The van der Waals surface area contributed by atoms with Crippen LogP contribution in [0.2, 0.25) is 19.6 Å². The van der Waals surface area contributed by atoms with Gasteiger partial charge in [0.15, 0.2) is 8.32 Å². The van der Waals surface area contributed by atoms with Crippen LogP contribution in [0.15, 0.2) is 0 Å². The molecule has 0 spiro atoms. The molecule has 2 nitrogen and oxygen atoms in total. The first-order chi connectivity index (χ1) is 5.90. The van der Waals surface area contributed by atoms with E-state index in [1.54, 1.807) is 0 Å². The molecule has 2 unspecified atom stereocenters. The van der Waals surface area contributed by atoms with Gasteiger partial charge in [0.05, 0.1) is 0 Å². The zero-order chi connectivity index (χ0) is 10.1. The highest BCUT2D eigenvalue weighted by Gasteiger charge is 2.33. The van der Waals surface area contributed by atoms with Crippen LogP contribution in [-0.4, -0.2) is 20.7 Å². The molecule has 1 fully saturated rings. The third-order valence-electron chi connectivity index (χ3n) is 2.58. The molecule has 0 saturated heterocycles. The van der Waals surface area contributed by atoms with Crippen molar-refractivity contribution in [3.05, 3.63) is 0 Å². The van der Waals surface area contributed by atoms with E-state index in [2.05, 4.69) is 26.6 Å². The molecule has 3 heteroatoms. The molecule has 2 atom stereocenters. The standard InChI is InChI=1S/C10H20O2Si/c1-8(7-12-13(2,3)4)9-5-6-10(9)11/h8-9H,5-7H2,1-4H3. The van der Waals surface area contributed by atoms with Crippen LogP contribution < -0.4 is 0 Å². The maximum atomic E-state index is 11.2.